The normalized spacial score (nSPS) is 11.1. The van der Waals surface area contributed by atoms with Crippen LogP contribution in [0.2, 0.25) is 4.47 Å². The van der Waals surface area contributed by atoms with Gasteiger partial charge in [0.15, 0.2) is 5.65 Å². The summed E-state index contributed by atoms with van der Waals surface area (Å²) in [5.74, 6) is 0. The van der Waals surface area contributed by atoms with Gasteiger partial charge in [-0.2, -0.15) is 0 Å². The standard InChI is InChI=1S/C8H5ClN6OS/c9-7-12-11-6(17-7)4-15-8(16)14-2-1-10-3-5(14)13-15/h1-3H,4H2. The lowest BCUT2D eigenvalue weighted by molar-refractivity contribution is 0.651. The van der Waals surface area contributed by atoms with Crippen LogP contribution in [0.1, 0.15) is 5.01 Å². The van der Waals surface area contributed by atoms with E-state index in [1.807, 2.05) is 0 Å². The Morgan fingerprint density at radius 2 is 2.29 bits per heavy atom. The molecule has 0 bridgehead atoms. The predicted octanol–water partition coefficient (Wildman–Crippen LogP) is 0.444. The van der Waals surface area contributed by atoms with Gasteiger partial charge in [0, 0.05) is 12.4 Å². The number of rotatable bonds is 2. The average molecular weight is 269 g/mol. The molecule has 3 rings (SSSR count). The van der Waals surface area contributed by atoms with Crippen molar-refractivity contribution in [2.45, 2.75) is 6.54 Å². The first-order chi connectivity index (χ1) is 8.24. The van der Waals surface area contributed by atoms with Crippen LogP contribution in [-0.2, 0) is 6.54 Å². The Labute approximate surface area is 103 Å². The number of fused-ring (bicyclic) bond motifs is 1. The molecule has 0 aliphatic carbocycles. The number of hydrogen-bond donors (Lipinski definition) is 0. The maximum atomic E-state index is 11.9. The summed E-state index contributed by atoms with van der Waals surface area (Å²) >= 11 is 6.89. The number of nitrogens with zero attached hydrogens (tertiary/aromatic N) is 6. The number of hydrogen-bond acceptors (Lipinski definition) is 6. The molecule has 0 atom stereocenters. The second-order valence-electron chi connectivity index (χ2n) is 3.19. The quantitative estimate of drug-likeness (QED) is 0.674. The highest BCUT2D eigenvalue weighted by atomic mass is 35.5. The van der Waals surface area contributed by atoms with E-state index in [9.17, 15) is 4.79 Å². The van der Waals surface area contributed by atoms with E-state index < -0.39 is 0 Å². The third kappa shape index (κ3) is 1.81. The molecule has 0 saturated heterocycles. The van der Waals surface area contributed by atoms with Crippen LogP contribution in [0.5, 0.6) is 0 Å². The largest absolute Gasteiger partial charge is 0.350 e. The van der Waals surface area contributed by atoms with E-state index >= 15 is 0 Å². The Morgan fingerprint density at radius 1 is 1.41 bits per heavy atom. The monoisotopic (exact) mass is 268 g/mol. The van der Waals surface area contributed by atoms with Crippen molar-refractivity contribution in [2.75, 3.05) is 0 Å². The van der Waals surface area contributed by atoms with Gasteiger partial charge in [-0.25, -0.2) is 13.9 Å². The van der Waals surface area contributed by atoms with E-state index in [4.69, 9.17) is 11.6 Å². The Morgan fingerprint density at radius 3 is 3.00 bits per heavy atom. The van der Waals surface area contributed by atoms with Crippen molar-refractivity contribution in [3.63, 3.8) is 0 Å². The molecule has 86 valence electrons. The zero-order chi connectivity index (χ0) is 11.8. The van der Waals surface area contributed by atoms with Crippen LogP contribution in [0, 0.1) is 0 Å². The maximum absolute atomic E-state index is 11.9. The lowest BCUT2D eigenvalue weighted by Crippen LogP contribution is -2.21. The summed E-state index contributed by atoms with van der Waals surface area (Å²) in [5.41, 5.74) is 0.252. The fourth-order valence-corrected chi connectivity index (χ4v) is 2.26. The van der Waals surface area contributed by atoms with E-state index in [2.05, 4.69) is 20.3 Å². The van der Waals surface area contributed by atoms with Gasteiger partial charge in [0.2, 0.25) is 4.47 Å². The summed E-state index contributed by atoms with van der Waals surface area (Å²) < 4.78 is 3.06. The van der Waals surface area contributed by atoms with Crippen molar-refractivity contribution in [3.05, 3.63) is 38.5 Å². The van der Waals surface area contributed by atoms with E-state index in [1.165, 1.54) is 32.8 Å². The molecule has 17 heavy (non-hydrogen) atoms. The summed E-state index contributed by atoms with van der Waals surface area (Å²) in [6, 6.07) is 0. The molecule has 0 unspecified atom stereocenters. The molecule has 0 amide bonds. The smallest absolute Gasteiger partial charge is 0.259 e. The summed E-state index contributed by atoms with van der Waals surface area (Å²) in [4.78, 5) is 15.8. The molecule has 3 heterocycles. The van der Waals surface area contributed by atoms with E-state index in [1.54, 1.807) is 6.20 Å². The van der Waals surface area contributed by atoms with Crippen LogP contribution < -0.4 is 5.69 Å². The van der Waals surface area contributed by atoms with Crippen molar-refractivity contribution >= 4 is 28.6 Å². The molecular weight excluding hydrogens is 264 g/mol. The molecule has 9 heteroatoms. The zero-order valence-corrected chi connectivity index (χ0v) is 9.89. The van der Waals surface area contributed by atoms with Crippen LogP contribution >= 0.6 is 22.9 Å². The second-order valence-corrected chi connectivity index (χ2v) is 4.84. The Hall–Kier alpha value is -1.80. The second kappa shape index (κ2) is 3.90. The van der Waals surface area contributed by atoms with Crippen molar-refractivity contribution in [1.82, 2.24) is 29.4 Å². The van der Waals surface area contributed by atoms with Crippen LogP contribution in [0.25, 0.3) is 5.65 Å². The van der Waals surface area contributed by atoms with Crippen molar-refractivity contribution in [1.29, 1.82) is 0 Å². The molecule has 0 spiro atoms. The maximum Gasteiger partial charge on any atom is 0.350 e. The van der Waals surface area contributed by atoms with Gasteiger partial charge in [0.05, 0.1) is 6.20 Å². The lowest BCUT2D eigenvalue weighted by Gasteiger charge is -1.91. The van der Waals surface area contributed by atoms with Gasteiger partial charge in [0.25, 0.3) is 0 Å². The minimum absolute atomic E-state index is 0.242. The molecule has 0 aliphatic rings. The molecule has 3 aromatic rings. The van der Waals surface area contributed by atoms with Crippen LogP contribution in [0.15, 0.2) is 23.4 Å². The third-order valence-corrected chi connectivity index (χ3v) is 3.12. The van der Waals surface area contributed by atoms with E-state index in [0.717, 1.165) is 0 Å². The van der Waals surface area contributed by atoms with Gasteiger partial charge >= 0.3 is 5.69 Å². The Kier molecular flexibility index (Phi) is 2.37. The number of aromatic nitrogens is 6. The molecule has 3 aromatic heterocycles. The van der Waals surface area contributed by atoms with Crippen LogP contribution in [0.4, 0.5) is 0 Å². The average Bonchev–Trinajstić information content (AvgIpc) is 2.86. The number of halogens is 1. The highest BCUT2D eigenvalue weighted by Crippen LogP contribution is 2.15. The fraction of sp³-hybridized carbons (Fsp3) is 0.125. The van der Waals surface area contributed by atoms with Gasteiger partial charge in [-0.05, 0) is 11.6 Å². The molecule has 0 saturated carbocycles. The summed E-state index contributed by atoms with van der Waals surface area (Å²) in [6.45, 7) is 0.255. The minimum Gasteiger partial charge on any atom is -0.259 e. The summed E-state index contributed by atoms with van der Waals surface area (Å²) in [7, 11) is 0. The predicted molar refractivity (Wildman–Crippen MR) is 61.3 cm³/mol. The summed E-state index contributed by atoms with van der Waals surface area (Å²) in [6.07, 6.45) is 4.61. The third-order valence-electron chi connectivity index (χ3n) is 2.12. The molecule has 7 nitrogen and oxygen atoms in total. The van der Waals surface area contributed by atoms with Gasteiger partial charge in [-0.1, -0.05) is 11.3 Å². The molecule has 0 aliphatic heterocycles. The first-order valence-corrected chi connectivity index (χ1v) is 5.80. The zero-order valence-electron chi connectivity index (χ0n) is 8.32. The lowest BCUT2D eigenvalue weighted by atomic mass is 10.7. The van der Waals surface area contributed by atoms with Gasteiger partial charge < -0.3 is 0 Å². The van der Waals surface area contributed by atoms with Gasteiger partial charge in [-0.15, -0.1) is 15.3 Å². The molecule has 0 N–H and O–H groups in total. The highest BCUT2D eigenvalue weighted by Gasteiger charge is 2.09. The van der Waals surface area contributed by atoms with Crippen molar-refractivity contribution < 1.29 is 0 Å². The first-order valence-electron chi connectivity index (χ1n) is 4.61. The Balaban J connectivity index is 2.06. The van der Waals surface area contributed by atoms with Crippen molar-refractivity contribution in [2.24, 2.45) is 0 Å². The fourth-order valence-electron chi connectivity index (χ4n) is 1.41. The highest BCUT2D eigenvalue weighted by molar-refractivity contribution is 7.15. The van der Waals surface area contributed by atoms with Crippen LogP contribution in [0.3, 0.4) is 0 Å². The van der Waals surface area contributed by atoms with Crippen molar-refractivity contribution in [3.8, 4) is 0 Å². The van der Waals surface area contributed by atoms with Crippen LogP contribution in [-0.4, -0.2) is 29.4 Å². The SMILES string of the molecule is O=c1n(Cc2nnc(Cl)s2)nc2cnccn12. The van der Waals surface area contributed by atoms with E-state index in [-0.39, 0.29) is 12.2 Å². The molecule has 0 radical (unpaired) electrons. The summed E-state index contributed by atoms with van der Waals surface area (Å²) in [5, 5.41) is 12.3. The topological polar surface area (TPSA) is 78.0 Å². The Bertz CT molecular complexity index is 731. The van der Waals surface area contributed by atoms with Gasteiger partial charge in [-0.3, -0.25) is 4.98 Å². The van der Waals surface area contributed by atoms with E-state index in [0.29, 0.717) is 15.1 Å². The molecule has 0 aromatic carbocycles. The minimum atomic E-state index is -0.242. The first kappa shape index (κ1) is 10.4. The molecule has 0 fully saturated rings. The molecular formula is C8H5ClN6OS. The van der Waals surface area contributed by atoms with Gasteiger partial charge in [0.1, 0.15) is 11.6 Å².